The maximum absolute atomic E-state index is 5.65. The average molecular weight is 279 g/mol. The Morgan fingerprint density at radius 2 is 2.12 bits per heavy atom. The van der Waals surface area contributed by atoms with Gasteiger partial charge in [-0.05, 0) is 34.1 Å². The molecule has 2 N–H and O–H groups in total. The van der Waals surface area contributed by atoms with Crippen LogP contribution in [-0.4, -0.2) is 4.98 Å². The van der Waals surface area contributed by atoms with E-state index in [1.54, 1.807) is 18.5 Å². The van der Waals surface area contributed by atoms with Gasteiger partial charge in [0.1, 0.15) is 12.4 Å². The molecule has 0 aliphatic rings. The molecule has 4 heteroatoms. The van der Waals surface area contributed by atoms with Crippen LogP contribution in [0, 0.1) is 0 Å². The number of nitrogens with two attached hydrogens (primary N) is 1. The van der Waals surface area contributed by atoms with Crippen LogP contribution < -0.4 is 10.5 Å². The molecule has 0 radical (unpaired) electrons. The molecule has 1 aromatic heterocycles. The SMILES string of the molecule is Nc1cccc(OCc2cncc(Br)c2)c1. The minimum absolute atomic E-state index is 0.482. The molecule has 3 nitrogen and oxygen atoms in total. The molecule has 0 amide bonds. The van der Waals surface area contributed by atoms with E-state index in [2.05, 4.69) is 20.9 Å². The first kappa shape index (κ1) is 11.0. The van der Waals surface area contributed by atoms with Gasteiger partial charge >= 0.3 is 0 Å². The van der Waals surface area contributed by atoms with E-state index >= 15 is 0 Å². The number of halogens is 1. The van der Waals surface area contributed by atoms with Crippen LogP contribution >= 0.6 is 15.9 Å². The lowest BCUT2D eigenvalue weighted by Crippen LogP contribution is -1.96. The van der Waals surface area contributed by atoms with Crippen molar-refractivity contribution in [3.05, 3.63) is 52.8 Å². The van der Waals surface area contributed by atoms with Crippen LogP contribution in [0.3, 0.4) is 0 Å². The number of hydrogen-bond acceptors (Lipinski definition) is 3. The van der Waals surface area contributed by atoms with Gasteiger partial charge in [-0.25, -0.2) is 0 Å². The first-order valence-corrected chi connectivity index (χ1v) is 5.61. The van der Waals surface area contributed by atoms with E-state index in [-0.39, 0.29) is 0 Å². The van der Waals surface area contributed by atoms with Crippen LogP contribution in [0.4, 0.5) is 5.69 Å². The van der Waals surface area contributed by atoms with Gasteiger partial charge < -0.3 is 10.5 Å². The van der Waals surface area contributed by atoms with Crippen molar-refractivity contribution < 1.29 is 4.74 Å². The Kier molecular flexibility index (Phi) is 3.41. The Hall–Kier alpha value is -1.55. The summed E-state index contributed by atoms with van der Waals surface area (Å²) >= 11 is 3.36. The maximum Gasteiger partial charge on any atom is 0.121 e. The van der Waals surface area contributed by atoms with Gasteiger partial charge in [0, 0.05) is 34.2 Å². The summed E-state index contributed by atoms with van der Waals surface area (Å²) in [6, 6.07) is 9.34. The lowest BCUT2D eigenvalue weighted by Gasteiger charge is -2.06. The first-order chi connectivity index (χ1) is 7.74. The summed E-state index contributed by atoms with van der Waals surface area (Å²) in [7, 11) is 0. The van der Waals surface area contributed by atoms with Crippen molar-refractivity contribution in [3.8, 4) is 5.75 Å². The number of nitrogens with zero attached hydrogens (tertiary/aromatic N) is 1. The topological polar surface area (TPSA) is 48.1 Å². The van der Waals surface area contributed by atoms with Gasteiger partial charge in [0.2, 0.25) is 0 Å². The fourth-order valence-corrected chi connectivity index (χ4v) is 1.72. The van der Waals surface area contributed by atoms with E-state index in [1.165, 1.54) is 0 Å². The fraction of sp³-hybridized carbons (Fsp3) is 0.0833. The van der Waals surface area contributed by atoms with Crippen molar-refractivity contribution in [2.75, 3.05) is 5.73 Å². The number of rotatable bonds is 3. The second-order valence-corrected chi connectivity index (χ2v) is 4.29. The Labute approximate surface area is 102 Å². The molecule has 82 valence electrons. The van der Waals surface area contributed by atoms with Crippen LogP contribution in [0.1, 0.15) is 5.56 Å². The lowest BCUT2D eigenvalue weighted by atomic mass is 10.3. The van der Waals surface area contributed by atoms with Gasteiger partial charge in [0.25, 0.3) is 0 Å². The van der Waals surface area contributed by atoms with E-state index in [4.69, 9.17) is 10.5 Å². The van der Waals surface area contributed by atoms with Crippen molar-refractivity contribution in [3.63, 3.8) is 0 Å². The molecular weight excluding hydrogens is 268 g/mol. The minimum Gasteiger partial charge on any atom is -0.489 e. The smallest absolute Gasteiger partial charge is 0.121 e. The lowest BCUT2D eigenvalue weighted by molar-refractivity contribution is 0.306. The minimum atomic E-state index is 0.482. The number of aromatic nitrogens is 1. The zero-order valence-corrected chi connectivity index (χ0v) is 10.1. The summed E-state index contributed by atoms with van der Waals surface area (Å²) in [5.74, 6) is 0.764. The highest BCUT2D eigenvalue weighted by Gasteiger charge is 1.97. The Bertz CT molecular complexity index is 442. The fourth-order valence-electron chi connectivity index (χ4n) is 1.31. The summed E-state index contributed by atoms with van der Waals surface area (Å²) in [5.41, 5.74) is 7.36. The van der Waals surface area contributed by atoms with Crippen LogP contribution in [0.15, 0.2) is 47.2 Å². The summed E-state index contributed by atoms with van der Waals surface area (Å²) in [6.45, 7) is 0.482. The summed E-state index contributed by atoms with van der Waals surface area (Å²) in [5, 5.41) is 0. The summed E-state index contributed by atoms with van der Waals surface area (Å²) in [6.07, 6.45) is 3.51. The van der Waals surface area contributed by atoms with E-state index < -0.39 is 0 Å². The van der Waals surface area contributed by atoms with Crippen molar-refractivity contribution in [1.29, 1.82) is 0 Å². The quantitative estimate of drug-likeness (QED) is 0.878. The second-order valence-electron chi connectivity index (χ2n) is 3.37. The Balaban J connectivity index is 2.02. The highest BCUT2D eigenvalue weighted by atomic mass is 79.9. The second kappa shape index (κ2) is 4.99. The standard InChI is InChI=1S/C12H11BrN2O/c13-10-4-9(6-15-7-10)8-16-12-3-1-2-11(14)5-12/h1-7H,8,14H2. The van der Waals surface area contributed by atoms with Gasteiger partial charge in [-0.3, -0.25) is 4.98 Å². The third-order valence-corrected chi connectivity index (χ3v) is 2.46. The molecule has 1 aromatic carbocycles. The predicted octanol–water partition coefficient (Wildman–Crippen LogP) is 3.01. The number of benzene rings is 1. The monoisotopic (exact) mass is 278 g/mol. The van der Waals surface area contributed by atoms with Crippen LogP contribution in [-0.2, 0) is 6.61 Å². The zero-order valence-electron chi connectivity index (χ0n) is 8.56. The molecule has 0 aliphatic heterocycles. The van der Waals surface area contributed by atoms with E-state index in [0.29, 0.717) is 12.3 Å². The molecule has 0 saturated carbocycles. The third kappa shape index (κ3) is 2.97. The Morgan fingerprint density at radius 1 is 1.25 bits per heavy atom. The van der Waals surface area contributed by atoms with Crippen molar-refractivity contribution in [2.24, 2.45) is 0 Å². The van der Waals surface area contributed by atoms with Gasteiger partial charge in [0.05, 0.1) is 0 Å². The molecule has 0 aliphatic carbocycles. The van der Waals surface area contributed by atoms with Gasteiger partial charge in [-0.1, -0.05) is 6.07 Å². The molecule has 16 heavy (non-hydrogen) atoms. The number of nitrogen functional groups attached to an aromatic ring is 1. The first-order valence-electron chi connectivity index (χ1n) is 4.82. The van der Waals surface area contributed by atoms with Gasteiger partial charge in [0.15, 0.2) is 0 Å². The molecule has 0 unspecified atom stereocenters. The molecule has 2 rings (SSSR count). The largest absolute Gasteiger partial charge is 0.489 e. The molecule has 0 fully saturated rings. The molecule has 0 atom stereocenters. The molecule has 0 spiro atoms. The number of hydrogen-bond donors (Lipinski definition) is 1. The van der Waals surface area contributed by atoms with E-state index in [9.17, 15) is 0 Å². The highest BCUT2D eigenvalue weighted by Crippen LogP contribution is 2.17. The van der Waals surface area contributed by atoms with Crippen LogP contribution in [0.25, 0.3) is 0 Å². The normalized spacial score (nSPS) is 10.1. The number of anilines is 1. The van der Waals surface area contributed by atoms with E-state index in [1.807, 2.05) is 24.3 Å². The maximum atomic E-state index is 5.65. The molecule has 0 bridgehead atoms. The number of pyridine rings is 1. The predicted molar refractivity (Wildman–Crippen MR) is 67.1 cm³/mol. The average Bonchev–Trinajstić information content (AvgIpc) is 2.27. The van der Waals surface area contributed by atoms with Gasteiger partial charge in [-0.15, -0.1) is 0 Å². The van der Waals surface area contributed by atoms with Crippen molar-refractivity contribution >= 4 is 21.6 Å². The van der Waals surface area contributed by atoms with E-state index in [0.717, 1.165) is 15.8 Å². The third-order valence-electron chi connectivity index (χ3n) is 2.03. The zero-order chi connectivity index (χ0) is 11.4. The number of ether oxygens (including phenoxy) is 1. The van der Waals surface area contributed by atoms with Gasteiger partial charge in [-0.2, -0.15) is 0 Å². The summed E-state index contributed by atoms with van der Waals surface area (Å²) < 4.78 is 6.53. The Morgan fingerprint density at radius 3 is 2.88 bits per heavy atom. The van der Waals surface area contributed by atoms with Crippen molar-refractivity contribution in [2.45, 2.75) is 6.61 Å². The molecular formula is C12H11BrN2O. The van der Waals surface area contributed by atoms with Crippen LogP contribution in [0.5, 0.6) is 5.75 Å². The summed E-state index contributed by atoms with van der Waals surface area (Å²) in [4.78, 5) is 4.06. The molecule has 0 saturated heterocycles. The van der Waals surface area contributed by atoms with Crippen molar-refractivity contribution in [1.82, 2.24) is 4.98 Å². The molecule has 1 heterocycles. The highest BCUT2D eigenvalue weighted by molar-refractivity contribution is 9.10. The molecule has 2 aromatic rings. The van der Waals surface area contributed by atoms with Crippen LogP contribution in [0.2, 0.25) is 0 Å².